The highest BCUT2D eigenvalue weighted by atomic mass is 31.2. The van der Waals surface area contributed by atoms with Crippen molar-refractivity contribution in [2.45, 2.75) is 55.9 Å². The first-order valence-corrected chi connectivity index (χ1v) is 11.4. The Bertz CT molecular complexity index is 899. The number of carbonyl (C=O) groups is 1. The van der Waals surface area contributed by atoms with E-state index in [2.05, 4.69) is 20.6 Å². The quantitative estimate of drug-likeness (QED) is 0.174. The molecule has 7 N–H and O–H groups in total. The molecule has 2 fully saturated rings. The number of amides is 1. The monoisotopic (exact) mass is 476 g/mol. The number of aliphatic hydroxyl groups excluding tert-OH is 2. The summed E-state index contributed by atoms with van der Waals surface area (Å²) in [5.74, 6) is 0.581. The van der Waals surface area contributed by atoms with Gasteiger partial charge in [0.15, 0.2) is 0 Å². The maximum atomic E-state index is 12.4. The number of rotatable bonds is 9. The predicted molar refractivity (Wildman–Crippen MR) is 106 cm³/mol. The molecule has 1 aromatic rings. The molecule has 2 saturated heterocycles. The zero-order valence-electron chi connectivity index (χ0n) is 16.8. The predicted octanol–water partition coefficient (Wildman–Crippen LogP) is -1.70. The summed E-state index contributed by atoms with van der Waals surface area (Å²) >= 11 is 0. The molecule has 0 aliphatic carbocycles. The third kappa shape index (κ3) is 4.85. The summed E-state index contributed by atoms with van der Waals surface area (Å²) in [6, 6.07) is 0. The largest absolute Gasteiger partial charge is 0.472 e. The van der Waals surface area contributed by atoms with Crippen LogP contribution in [0.1, 0.15) is 30.9 Å². The van der Waals surface area contributed by atoms with Crippen LogP contribution in [0.3, 0.4) is 0 Å². The van der Waals surface area contributed by atoms with Crippen LogP contribution in [0.2, 0.25) is 0 Å². The average molecular weight is 476 g/mol. The number of aliphatic hydroxyl groups is 2. The van der Waals surface area contributed by atoms with Crippen molar-refractivity contribution in [2.24, 2.45) is 10.7 Å². The first kappa shape index (κ1) is 23.2. The molecule has 8 atom stereocenters. The smallest absolute Gasteiger partial charge is 0.394 e. The highest BCUT2D eigenvalue weighted by molar-refractivity contribution is 7.47. The topological polar surface area (TPSA) is 212 Å². The molecular formula is C16H25N6O9P. The first-order valence-electron chi connectivity index (χ1n) is 9.87. The molecule has 0 saturated carbocycles. The van der Waals surface area contributed by atoms with Gasteiger partial charge in [-0.3, -0.25) is 23.4 Å². The Morgan fingerprint density at radius 2 is 2.22 bits per heavy atom. The van der Waals surface area contributed by atoms with E-state index in [1.165, 1.54) is 12.7 Å². The maximum absolute atomic E-state index is 12.4. The van der Waals surface area contributed by atoms with Gasteiger partial charge in [0.25, 0.3) is 0 Å². The Kier molecular flexibility index (Phi) is 6.90. The summed E-state index contributed by atoms with van der Waals surface area (Å²) in [6.45, 7) is -0.907. The molecule has 3 aliphatic rings. The van der Waals surface area contributed by atoms with Gasteiger partial charge in [-0.05, 0) is 0 Å². The van der Waals surface area contributed by atoms with E-state index in [1.54, 1.807) is 4.57 Å². The minimum atomic E-state index is -4.59. The molecule has 0 aromatic carbocycles. The molecule has 4 rings (SSSR count). The number of phosphoric ester groups is 1. The van der Waals surface area contributed by atoms with Crippen molar-refractivity contribution in [3.63, 3.8) is 0 Å². The summed E-state index contributed by atoms with van der Waals surface area (Å²) in [5.41, 5.74) is 6.40. The number of anilines is 1. The lowest BCUT2D eigenvalue weighted by atomic mass is 10.2. The third-order valence-corrected chi connectivity index (χ3v) is 6.37. The van der Waals surface area contributed by atoms with Crippen LogP contribution in [0.15, 0.2) is 11.3 Å². The van der Waals surface area contributed by atoms with Gasteiger partial charge in [-0.2, -0.15) is 0 Å². The van der Waals surface area contributed by atoms with Gasteiger partial charge in [-0.1, -0.05) is 0 Å². The number of imidazole rings is 1. The minimum Gasteiger partial charge on any atom is -0.394 e. The van der Waals surface area contributed by atoms with Crippen molar-refractivity contribution in [3.8, 4) is 0 Å². The Labute approximate surface area is 182 Å². The van der Waals surface area contributed by atoms with Gasteiger partial charge in [0.05, 0.1) is 32.0 Å². The van der Waals surface area contributed by atoms with Gasteiger partial charge < -0.3 is 40.9 Å². The number of phosphoric acid groups is 1. The van der Waals surface area contributed by atoms with Gasteiger partial charge in [-0.25, -0.2) is 9.55 Å². The molecule has 1 amide bonds. The fraction of sp³-hybridized carbons (Fsp3) is 0.688. The number of aliphatic imine (C=N–C) groups is 1. The molecule has 0 spiro atoms. The van der Waals surface area contributed by atoms with Crippen LogP contribution in [0, 0.1) is 0 Å². The van der Waals surface area contributed by atoms with Crippen LogP contribution < -0.4 is 16.4 Å². The van der Waals surface area contributed by atoms with Gasteiger partial charge in [0.2, 0.25) is 6.41 Å². The number of fused-ring (bicyclic) bond motifs is 1. The van der Waals surface area contributed by atoms with Gasteiger partial charge in [-0.15, -0.1) is 0 Å². The molecule has 4 heterocycles. The number of hydrogen-bond acceptors (Lipinski definition) is 12. The number of nitrogens with one attached hydrogen (secondary N) is 2. The minimum absolute atomic E-state index is 0.0483. The maximum Gasteiger partial charge on any atom is 0.472 e. The van der Waals surface area contributed by atoms with E-state index in [0.717, 1.165) is 0 Å². The highest BCUT2D eigenvalue weighted by Gasteiger charge is 2.42. The van der Waals surface area contributed by atoms with Crippen LogP contribution in [0.4, 0.5) is 5.82 Å². The van der Waals surface area contributed by atoms with Crippen molar-refractivity contribution >= 4 is 26.4 Å². The number of ether oxygens (including phenoxy) is 2. The molecule has 0 bridgehead atoms. The molecule has 16 heteroatoms. The number of nitrogens with zero attached hydrogens (tertiary/aromatic N) is 3. The molecule has 1 aromatic heterocycles. The van der Waals surface area contributed by atoms with E-state index >= 15 is 0 Å². The SMILES string of the molecule is NC1N=CNc2c1ncn2[C@H]1C[C@H](O)[C@@H](COP(=O)(O)O[C@H]2CC(NC=O)O[C@@H]2CO)O1. The van der Waals surface area contributed by atoms with Gasteiger partial charge in [0, 0.05) is 12.8 Å². The fourth-order valence-electron chi connectivity index (χ4n) is 3.78. The lowest BCUT2D eigenvalue weighted by Gasteiger charge is -2.22. The molecular weight excluding hydrogens is 451 g/mol. The Morgan fingerprint density at radius 3 is 2.97 bits per heavy atom. The Hall–Kier alpha value is -1.94. The van der Waals surface area contributed by atoms with E-state index < -0.39 is 64.1 Å². The van der Waals surface area contributed by atoms with E-state index in [9.17, 15) is 24.5 Å². The molecule has 178 valence electrons. The summed E-state index contributed by atoms with van der Waals surface area (Å²) in [6.07, 6.45) is -2.18. The van der Waals surface area contributed by atoms with Crippen LogP contribution in [0.25, 0.3) is 0 Å². The summed E-state index contributed by atoms with van der Waals surface area (Å²) in [7, 11) is -4.59. The van der Waals surface area contributed by atoms with E-state index in [1.807, 2.05) is 0 Å². The van der Waals surface area contributed by atoms with Crippen LogP contribution in [-0.2, 0) is 27.9 Å². The molecule has 0 radical (unpaired) electrons. The summed E-state index contributed by atoms with van der Waals surface area (Å²) in [5, 5.41) is 25.0. The molecule has 3 unspecified atom stereocenters. The second-order valence-corrected chi connectivity index (χ2v) is 8.87. The Morgan fingerprint density at radius 1 is 1.41 bits per heavy atom. The third-order valence-electron chi connectivity index (χ3n) is 5.36. The lowest BCUT2D eigenvalue weighted by molar-refractivity contribution is -0.114. The zero-order valence-corrected chi connectivity index (χ0v) is 17.7. The van der Waals surface area contributed by atoms with Crippen LogP contribution in [0.5, 0.6) is 0 Å². The fourth-order valence-corrected chi connectivity index (χ4v) is 4.75. The highest BCUT2D eigenvalue weighted by Crippen LogP contribution is 2.48. The number of hydrogen-bond donors (Lipinski definition) is 6. The van der Waals surface area contributed by atoms with E-state index in [-0.39, 0.29) is 12.8 Å². The first-order chi connectivity index (χ1) is 15.3. The molecule has 3 aliphatic heterocycles. The average Bonchev–Trinajstić information content (AvgIpc) is 3.44. The van der Waals surface area contributed by atoms with E-state index in [4.69, 9.17) is 24.3 Å². The van der Waals surface area contributed by atoms with Gasteiger partial charge in [0.1, 0.15) is 48.4 Å². The zero-order chi connectivity index (χ0) is 22.9. The number of carbonyl (C=O) groups excluding carboxylic acids is 1. The summed E-state index contributed by atoms with van der Waals surface area (Å²) in [4.78, 5) is 28.9. The summed E-state index contributed by atoms with van der Waals surface area (Å²) < 4.78 is 35.3. The van der Waals surface area contributed by atoms with Crippen LogP contribution >= 0.6 is 7.82 Å². The second kappa shape index (κ2) is 9.51. The number of nitrogens with two attached hydrogens (primary N) is 1. The van der Waals surface area contributed by atoms with Gasteiger partial charge >= 0.3 is 7.82 Å². The van der Waals surface area contributed by atoms with Crippen LogP contribution in [-0.4, -0.2) is 81.3 Å². The van der Waals surface area contributed by atoms with Crippen molar-refractivity contribution in [1.29, 1.82) is 0 Å². The normalized spacial score (nSPS) is 35.8. The number of aromatic nitrogens is 2. The lowest BCUT2D eigenvalue weighted by Crippen LogP contribution is -2.29. The van der Waals surface area contributed by atoms with Crippen molar-refractivity contribution in [1.82, 2.24) is 14.9 Å². The molecule has 32 heavy (non-hydrogen) atoms. The standard InChI is InChI=1S/C16H25N6O9P/c17-15-14-16(19-5-18-15)22(6-20-14)13-1-8(25)11(30-13)4-28-32(26,27)31-9-2-12(21-7-24)29-10(9)3-23/h5-13,15,23,25H,1-4,17H2,(H,18,19)(H,21,24)(H,26,27)/t8-,9-,10+,11+,12?,13+,15?/m0/s1. The second-order valence-electron chi connectivity index (χ2n) is 7.46. The van der Waals surface area contributed by atoms with E-state index in [0.29, 0.717) is 17.9 Å². The van der Waals surface area contributed by atoms with Crippen molar-refractivity contribution < 1.29 is 43.0 Å². The molecule has 15 nitrogen and oxygen atoms in total. The Balaban J connectivity index is 1.33. The van der Waals surface area contributed by atoms with Crippen molar-refractivity contribution in [3.05, 3.63) is 12.0 Å². The van der Waals surface area contributed by atoms with Crippen molar-refractivity contribution in [2.75, 3.05) is 18.5 Å².